The van der Waals surface area contributed by atoms with Crippen molar-refractivity contribution in [3.05, 3.63) is 39.2 Å². The lowest BCUT2D eigenvalue weighted by Crippen LogP contribution is -1.99. The molecule has 0 radical (unpaired) electrons. The molecule has 4 nitrogen and oxygen atoms in total. The zero-order valence-corrected chi connectivity index (χ0v) is 11.3. The molecule has 0 atom stereocenters. The summed E-state index contributed by atoms with van der Waals surface area (Å²) in [7, 11) is 0. The van der Waals surface area contributed by atoms with Crippen molar-refractivity contribution in [2.75, 3.05) is 11.2 Å². The summed E-state index contributed by atoms with van der Waals surface area (Å²) in [5.41, 5.74) is 7.92. The van der Waals surface area contributed by atoms with Crippen LogP contribution in [0.4, 0.5) is 19.7 Å². The number of nitrogens with one attached hydrogen (secondary N) is 1. The van der Waals surface area contributed by atoms with Gasteiger partial charge in [0.2, 0.25) is 5.13 Å². The Morgan fingerprint density at radius 2 is 2.26 bits per heavy atom. The molecule has 0 aliphatic rings. The molecule has 0 saturated carbocycles. The van der Waals surface area contributed by atoms with Gasteiger partial charge in [-0.1, -0.05) is 11.6 Å². The van der Waals surface area contributed by atoms with Crippen LogP contribution in [0.25, 0.3) is 0 Å². The van der Waals surface area contributed by atoms with Crippen molar-refractivity contribution in [3.63, 3.8) is 0 Å². The second kappa shape index (κ2) is 5.50. The Kier molecular flexibility index (Phi) is 3.96. The average molecular weight is 303 g/mol. The Morgan fingerprint density at radius 1 is 1.53 bits per heavy atom. The van der Waals surface area contributed by atoms with Gasteiger partial charge in [0.05, 0.1) is 11.2 Å². The maximum atomic E-state index is 13.8. The van der Waals surface area contributed by atoms with E-state index in [-0.39, 0.29) is 16.1 Å². The minimum atomic E-state index is -0.741. The predicted molar refractivity (Wildman–Crippen MR) is 73.8 cm³/mol. The Hall–Kier alpha value is -1.73. The van der Waals surface area contributed by atoms with Crippen LogP contribution >= 0.6 is 22.9 Å². The van der Waals surface area contributed by atoms with E-state index in [1.807, 2.05) is 0 Å². The standard InChI is InChI=1S/C11H9ClF2N4S/c1-5-8(13)2-7(12)6(10(5)14)3-16-18-11-17-9(15)4-19-11/h2-4H,15H2,1H3,(H,17,18). The first-order chi connectivity index (χ1) is 8.99. The first-order valence-electron chi connectivity index (χ1n) is 5.13. The molecule has 2 aromatic rings. The highest BCUT2D eigenvalue weighted by Gasteiger charge is 2.13. The quantitative estimate of drug-likeness (QED) is 0.674. The van der Waals surface area contributed by atoms with Gasteiger partial charge in [0.25, 0.3) is 0 Å². The Balaban J connectivity index is 2.21. The fourth-order valence-corrected chi connectivity index (χ4v) is 2.09. The molecule has 1 aromatic heterocycles. The highest BCUT2D eigenvalue weighted by atomic mass is 35.5. The molecule has 0 aliphatic heterocycles. The lowest BCUT2D eigenvalue weighted by molar-refractivity contribution is 0.567. The molecule has 3 N–H and O–H groups in total. The number of halogens is 3. The van der Waals surface area contributed by atoms with E-state index in [1.54, 1.807) is 5.38 Å². The Labute approximate surface area is 116 Å². The van der Waals surface area contributed by atoms with Crippen molar-refractivity contribution >= 4 is 40.1 Å². The highest BCUT2D eigenvalue weighted by molar-refractivity contribution is 7.14. The molecule has 1 heterocycles. The molecule has 0 fully saturated rings. The van der Waals surface area contributed by atoms with Crippen molar-refractivity contribution in [2.45, 2.75) is 6.92 Å². The van der Waals surface area contributed by atoms with Crippen LogP contribution in [0.15, 0.2) is 16.5 Å². The van der Waals surface area contributed by atoms with Crippen molar-refractivity contribution in [2.24, 2.45) is 5.10 Å². The number of thiazole rings is 1. The van der Waals surface area contributed by atoms with Gasteiger partial charge < -0.3 is 5.73 Å². The van der Waals surface area contributed by atoms with E-state index in [4.69, 9.17) is 17.3 Å². The summed E-state index contributed by atoms with van der Waals surface area (Å²) in [5, 5.41) is 5.83. The second-order valence-electron chi connectivity index (χ2n) is 3.64. The highest BCUT2D eigenvalue weighted by Crippen LogP contribution is 2.23. The van der Waals surface area contributed by atoms with Gasteiger partial charge in [0.1, 0.15) is 17.5 Å². The third kappa shape index (κ3) is 2.99. The van der Waals surface area contributed by atoms with Crippen LogP contribution in [0.1, 0.15) is 11.1 Å². The van der Waals surface area contributed by atoms with Crippen molar-refractivity contribution in [1.82, 2.24) is 4.98 Å². The van der Waals surface area contributed by atoms with Crippen LogP contribution in [0, 0.1) is 18.6 Å². The number of rotatable bonds is 3. The van der Waals surface area contributed by atoms with Gasteiger partial charge in [-0.15, -0.1) is 11.3 Å². The molecule has 2 rings (SSSR count). The number of nitrogen functional groups attached to an aromatic ring is 1. The summed E-state index contributed by atoms with van der Waals surface area (Å²) >= 11 is 7.01. The molecule has 0 bridgehead atoms. The maximum absolute atomic E-state index is 13.8. The molecule has 0 aliphatic carbocycles. The Bertz CT molecular complexity index is 642. The first kappa shape index (κ1) is 13.7. The number of benzene rings is 1. The molecule has 100 valence electrons. The fraction of sp³-hybridized carbons (Fsp3) is 0.0909. The van der Waals surface area contributed by atoms with Gasteiger partial charge in [0.15, 0.2) is 0 Å². The van der Waals surface area contributed by atoms with Gasteiger partial charge in [-0.25, -0.2) is 13.8 Å². The molecular formula is C11H9ClF2N4S. The van der Waals surface area contributed by atoms with E-state index in [1.165, 1.54) is 24.5 Å². The molecule has 8 heteroatoms. The molecular weight excluding hydrogens is 294 g/mol. The normalized spacial score (nSPS) is 11.2. The van der Waals surface area contributed by atoms with E-state index in [9.17, 15) is 8.78 Å². The number of hydrogen-bond donors (Lipinski definition) is 2. The van der Waals surface area contributed by atoms with E-state index in [0.717, 1.165) is 6.07 Å². The van der Waals surface area contributed by atoms with Gasteiger partial charge in [-0.2, -0.15) is 5.10 Å². The van der Waals surface area contributed by atoms with Crippen molar-refractivity contribution in [3.8, 4) is 0 Å². The second-order valence-corrected chi connectivity index (χ2v) is 4.91. The van der Waals surface area contributed by atoms with Gasteiger partial charge >= 0.3 is 0 Å². The summed E-state index contributed by atoms with van der Waals surface area (Å²) < 4.78 is 27.0. The zero-order valence-electron chi connectivity index (χ0n) is 9.75. The number of hydrogen-bond acceptors (Lipinski definition) is 5. The fourth-order valence-electron chi connectivity index (χ4n) is 1.32. The van der Waals surface area contributed by atoms with Crippen LogP contribution in [-0.4, -0.2) is 11.2 Å². The summed E-state index contributed by atoms with van der Waals surface area (Å²) in [6, 6.07) is 1.04. The summed E-state index contributed by atoms with van der Waals surface area (Å²) in [5.74, 6) is -1.07. The van der Waals surface area contributed by atoms with E-state index in [2.05, 4.69) is 15.5 Å². The van der Waals surface area contributed by atoms with Gasteiger partial charge in [-0.05, 0) is 13.0 Å². The van der Waals surface area contributed by atoms with Crippen LogP contribution in [-0.2, 0) is 0 Å². The smallest absolute Gasteiger partial charge is 0.205 e. The average Bonchev–Trinajstić information content (AvgIpc) is 2.77. The van der Waals surface area contributed by atoms with E-state index in [0.29, 0.717) is 10.9 Å². The Morgan fingerprint density at radius 3 is 2.89 bits per heavy atom. The van der Waals surface area contributed by atoms with Crippen LogP contribution in [0.3, 0.4) is 0 Å². The summed E-state index contributed by atoms with van der Waals surface area (Å²) in [4.78, 5) is 3.90. The molecule has 0 amide bonds. The zero-order chi connectivity index (χ0) is 14.0. The third-order valence-electron chi connectivity index (χ3n) is 2.31. The first-order valence-corrected chi connectivity index (χ1v) is 6.39. The summed E-state index contributed by atoms with van der Waals surface area (Å²) in [6.07, 6.45) is 1.17. The van der Waals surface area contributed by atoms with Crippen LogP contribution in [0.5, 0.6) is 0 Å². The van der Waals surface area contributed by atoms with Gasteiger partial charge in [0, 0.05) is 16.5 Å². The van der Waals surface area contributed by atoms with Crippen molar-refractivity contribution in [1.29, 1.82) is 0 Å². The number of nitrogens with zero attached hydrogens (tertiary/aromatic N) is 2. The molecule has 0 saturated heterocycles. The minimum Gasteiger partial charge on any atom is -0.383 e. The lowest BCUT2D eigenvalue weighted by atomic mass is 10.1. The third-order valence-corrected chi connectivity index (χ3v) is 3.39. The van der Waals surface area contributed by atoms with Crippen LogP contribution < -0.4 is 11.2 Å². The molecule has 0 unspecified atom stereocenters. The SMILES string of the molecule is Cc1c(F)cc(Cl)c(C=NNc2nc(N)cs2)c1F. The largest absolute Gasteiger partial charge is 0.383 e. The number of anilines is 2. The maximum Gasteiger partial charge on any atom is 0.205 e. The monoisotopic (exact) mass is 302 g/mol. The van der Waals surface area contributed by atoms with E-state index < -0.39 is 11.6 Å². The minimum absolute atomic E-state index is 0.0117. The van der Waals surface area contributed by atoms with E-state index >= 15 is 0 Å². The molecule has 1 aromatic carbocycles. The number of aromatic nitrogens is 1. The lowest BCUT2D eigenvalue weighted by Gasteiger charge is -2.04. The topological polar surface area (TPSA) is 63.3 Å². The van der Waals surface area contributed by atoms with Crippen LogP contribution in [0.2, 0.25) is 5.02 Å². The van der Waals surface area contributed by atoms with Gasteiger partial charge in [-0.3, -0.25) is 5.43 Å². The molecule has 19 heavy (non-hydrogen) atoms. The number of hydrazone groups is 1. The van der Waals surface area contributed by atoms with Crippen molar-refractivity contribution < 1.29 is 8.78 Å². The number of nitrogens with two attached hydrogens (primary N) is 1. The summed E-state index contributed by atoms with van der Waals surface area (Å²) in [6.45, 7) is 1.33. The predicted octanol–water partition coefficient (Wildman–Crippen LogP) is 3.41. The molecule has 0 spiro atoms.